The number of carbonyl (C=O) groups excluding carboxylic acids is 1. The van der Waals surface area contributed by atoms with Gasteiger partial charge in [-0.25, -0.2) is 4.39 Å². The second kappa shape index (κ2) is 6.01. The van der Waals surface area contributed by atoms with Gasteiger partial charge in [0.1, 0.15) is 5.82 Å². The highest BCUT2D eigenvalue weighted by atomic mass is 79.9. The third-order valence-corrected chi connectivity index (χ3v) is 4.32. The molecule has 0 saturated carbocycles. The van der Waals surface area contributed by atoms with Crippen LogP contribution in [0.1, 0.15) is 30.1 Å². The Bertz CT molecular complexity index is 473. The molecule has 5 heteroatoms. The van der Waals surface area contributed by atoms with Crippen LogP contribution in [0.25, 0.3) is 0 Å². The normalized spacial score (nSPS) is 18.1. The van der Waals surface area contributed by atoms with E-state index in [4.69, 9.17) is 0 Å². The average molecular weight is 329 g/mol. The number of hydrogen-bond donors (Lipinski definition) is 2. The van der Waals surface area contributed by atoms with E-state index < -0.39 is 0 Å². The lowest BCUT2D eigenvalue weighted by Crippen LogP contribution is -2.42. The lowest BCUT2D eigenvalue weighted by molar-refractivity contribution is 0.0921. The van der Waals surface area contributed by atoms with Gasteiger partial charge in [-0.2, -0.15) is 0 Å². The molecule has 1 fully saturated rings. The van der Waals surface area contributed by atoms with E-state index in [0.29, 0.717) is 16.6 Å². The van der Waals surface area contributed by atoms with Gasteiger partial charge in [0.05, 0.1) is 5.56 Å². The minimum atomic E-state index is -0.353. The standard InChI is InChI=1S/C14H18BrFN2O/c1-14(4-6-17-7-5-14)9-18-13(19)11-3-2-10(16)8-12(11)15/h2-3,8,17H,4-7,9H2,1H3,(H,18,19). The van der Waals surface area contributed by atoms with Crippen LogP contribution in [0.5, 0.6) is 0 Å². The van der Waals surface area contributed by atoms with Crippen molar-refractivity contribution in [3.63, 3.8) is 0 Å². The molecule has 3 nitrogen and oxygen atoms in total. The van der Waals surface area contributed by atoms with E-state index in [0.717, 1.165) is 25.9 Å². The fourth-order valence-electron chi connectivity index (χ4n) is 2.27. The molecule has 104 valence electrons. The molecule has 1 aromatic carbocycles. The van der Waals surface area contributed by atoms with Gasteiger partial charge in [-0.05, 0) is 65.5 Å². The maximum Gasteiger partial charge on any atom is 0.252 e. The molecule has 0 unspecified atom stereocenters. The molecule has 2 rings (SSSR count). The molecule has 1 aliphatic rings. The van der Waals surface area contributed by atoms with Crippen LogP contribution in [0.2, 0.25) is 0 Å². The van der Waals surface area contributed by atoms with Crippen LogP contribution in [0, 0.1) is 11.2 Å². The van der Waals surface area contributed by atoms with Crippen LogP contribution in [-0.4, -0.2) is 25.5 Å². The number of amides is 1. The van der Waals surface area contributed by atoms with Crippen molar-refractivity contribution < 1.29 is 9.18 Å². The summed E-state index contributed by atoms with van der Waals surface area (Å²) in [5.41, 5.74) is 0.617. The second-order valence-electron chi connectivity index (χ2n) is 5.37. The molecular weight excluding hydrogens is 311 g/mol. The van der Waals surface area contributed by atoms with Gasteiger partial charge in [0, 0.05) is 11.0 Å². The summed E-state index contributed by atoms with van der Waals surface area (Å²) >= 11 is 3.22. The van der Waals surface area contributed by atoms with Crippen molar-refractivity contribution in [2.75, 3.05) is 19.6 Å². The third kappa shape index (κ3) is 3.76. The van der Waals surface area contributed by atoms with Crippen molar-refractivity contribution >= 4 is 21.8 Å². The molecule has 0 aromatic heterocycles. The van der Waals surface area contributed by atoms with Crippen LogP contribution >= 0.6 is 15.9 Å². The summed E-state index contributed by atoms with van der Waals surface area (Å²) in [6.07, 6.45) is 2.11. The summed E-state index contributed by atoms with van der Waals surface area (Å²) in [4.78, 5) is 12.1. The highest BCUT2D eigenvalue weighted by Gasteiger charge is 2.27. The molecule has 2 N–H and O–H groups in total. The molecule has 1 amide bonds. The molecule has 0 spiro atoms. The Morgan fingerprint density at radius 2 is 2.16 bits per heavy atom. The van der Waals surface area contributed by atoms with Crippen molar-refractivity contribution in [2.45, 2.75) is 19.8 Å². The van der Waals surface area contributed by atoms with Crippen molar-refractivity contribution in [2.24, 2.45) is 5.41 Å². The SMILES string of the molecule is CC1(CNC(=O)c2ccc(F)cc2Br)CCNCC1. The first-order chi connectivity index (χ1) is 9.00. The topological polar surface area (TPSA) is 41.1 Å². The van der Waals surface area contributed by atoms with E-state index in [9.17, 15) is 9.18 Å². The lowest BCUT2D eigenvalue weighted by Gasteiger charge is -2.34. The van der Waals surface area contributed by atoms with E-state index in [2.05, 4.69) is 33.5 Å². The Morgan fingerprint density at radius 3 is 2.79 bits per heavy atom. The number of hydrogen-bond acceptors (Lipinski definition) is 2. The molecule has 0 atom stereocenters. The van der Waals surface area contributed by atoms with E-state index in [1.54, 1.807) is 0 Å². The molecule has 1 aromatic rings. The van der Waals surface area contributed by atoms with Crippen molar-refractivity contribution in [3.8, 4) is 0 Å². The number of rotatable bonds is 3. The fraction of sp³-hybridized carbons (Fsp3) is 0.500. The molecule has 0 bridgehead atoms. The van der Waals surface area contributed by atoms with Crippen LogP contribution in [0.4, 0.5) is 4.39 Å². The smallest absolute Gasteiger partial charge is 0.252 e. The van der Waals surface area contributed by atoms with E-state index >= 15 is 0 Å². The van der Waals surface area contributed by atoms with Crippen LogP contribution in [-0.2, 0) is 0 Å². The van der Waals surface area contributed by atoms with Gasteiger partial charge in [-0.15, -0.1) is 0 Å². The number of nitrogens with one attached hydrogen (secondary N) is 2. The zero-order valence-corrected chi connectivity index (χ0v) is 12.5. The zero-order chi connectivity index (χ0) is 13.9. The largest absolute Gasteiger partial charge is 0.351 e. The van der Waals surface area contributed by atoms with Gasteiger partial charge in [0.15, 0.2) is 0 Å². The Balaban J connectivity index is 1.97. The number of halogens is 2. The predicted molar refractivity (Wildman–Crippen MR) is 76.6 cm³/mol. The monoisotopic (exact) mass is 328 g/mol. The Morgan fingerprint density at radius 1 is 1.47 bits per heavy atom. The van der Waals surface area contributed by atoms with Crippen LogP contribution in [0.3, 0.4) is 0 Å². The first-order valence-corrected chi connectivity index (χ1v) is 7.23. The molecule has 1 saturated heterocycles. The second-order valence-corrected chi connectivity index (χ2v) is 6.22. The fourth-order valence-corrected chi connectivity index (χ4v) is 2.80. The van der Waals surface area contributed by atoms with Crippen LogP contribution < -0.4 is 10.6 Å². The van der Waals surface area contributed by atoms with E-state index in [1.807, 2.05) is 0 Å². The number of benzene rings is 1. The highest BCUT2D eigenvalue weighted by molar-refractivity contribution is 9.10. The van der Waals surface area contributed by atoms with Gasteiger partial charge in [0.2, 0.25) is 0 Å². The Hall–Kier alpha value is -0.940. The summed E-state index contributed by atoms with van der Waals surface area (Å²) in [6.45, 7) is 4.82. The first kappa shape index (κ1) is 14.5. The Labute approximate surface area is 121 Å². The number of carbonyl (C=O) groups is 1. The van der Waals surface area contributed by atoms with Gasteiger partial charge in [0.25, 0.3) is 5.91 Å². The van der Waals surface area contributed by atoms with Crippen molar-refractivity contribution in [1.82, 2.24) is 10.6 Å². The average Bonchev–Trinajstić information content (AvgIpc) is 2.37. The quantitative estimate of drug-likeness (QED) is 0.895. The molecule has 0 aliphatic carbocycles. The minimum absolute atomic E-state index is 0.146. The highest BCUT2D eigenvalue weighted by Crippen LogP contribution is 2.27. The van der Waals surface area contributed by atoms with Gasteiger partial charge in [-0.3, -0.25) is 4.79 Å². The zero-order valence-electron chi connectivity index (χ0n) is 10.9. The van der Waals surface area contributed by atoms with Crippen molar-refractivity contribution in [1.29, 1.82) is 0 Å². The molecule has 1 aliphatic heterocycles. The van der Waals surface area contributed by atoms with E-state index in [-0.39, 0.29) is 17.1 Å². The van der Waals surface area contributed by atoms with Gasteiger partial charge >= 0.3 is 0 Å². The van der Waals surface area contributed by atoms with Gasteiger partial charge in [-0.1, -0.05) is 6.92 Å². The molecule has 1 heterocycles. The maximum absolute atomic E-state index is 13.0. The summed E-state index contributed by atoms with van der Waals surface area (Å²) < 4.78 is 13.5. The molecule has 0 radical (unpaired) electrons. The van der Waals surface area contributed by atoms with Crippen molar-refractivity contribution in [3.05, 3.63) is 34.1 Å². The summed E-state index contributed by atoms with van der Waals surface area (Å²) in [5, 5.41) is 6.26. The molecule has 19 heavy (non-hydrogen) atoms. The lowest BCUT2D eigenvalue weighted by atomic mass is 9.81. The first-order valence-electron chi connectivity index (χ1n) is 6.44. The maximum atomic E-state index is 13.0. The van der Waals surface area contributed by atoms with Crippen LogP contribution in [0.15, 0.2) is 22.7 Å². The predicted octanol–water partition coefficient (Wildman–Crippen LogP) is 2.71. The summed E-state index contributed by atoms with van der Waals surface area (Å²) in [6, 6.07) is 4.10. The Kier molecular flexibility index (Phi) is 4.58. The van der Waals surface area contributed by atoms with E-state index in [1.165, 1.54) is 18.2 Å². The molecular formula is C14H18BrFN2O. The summed E-state index contributed by atoms with van der Waals surface area (Å²) in [7, 11) is 0. The minimum Gasteiger partial charge on any atom is -0.351 e. The number of piperidine rings is 1. The third-order valence-electron chi connectivity index (χ3n) is 3.66. The summed E-state index contributed by atoms with van der Waals surface area (Å²) in [5.74, 6) is -0.514. The van der Waals surface area contributed by atoms with Gasteiger partial charge < -0.3 is 10.6 Å².